The number of thiazole rings is 1. The quantitative estimate of drug-likeness (QED) is 0.922. The number of hydrogen-bond donors (Lipinski definition) is 1. The zero-order valence-electron chi connectivity index (χ0n) is 12.0. The van der Waals surface area contributed by atoms with E-state index in [0.29, 0.717) is 18.7 Å². The van der Waals surface area contributed by atoms with Crippen molar-refractivity contribution in [2.45, 2.75) is 19.4 Å². The van der Waals surface area contributed by atoms with Crippen molar-refractivity contribution >= 4 is 17.2 Å². The lowest BCUT2D eigenvalue weighted by Crippen LogP contribution is -2.39. The predicted octanol–water partition coefficient (Wildman–Crippen LogP) is 2.29. The Balaban J connectivity index is 2.07. The second-order valence-electron chi connectivity index (χ2n) is 4.93. The van der Waals surface area contributed by atoms with Gasteiger partial charge in [-0.05, 0) is 24.6 Å². The van der Waals surface area contributed by atoms with Gasteiger partial charge in [0.15, 0.2) is 0 Å². The fourth-order valence-corrected chi connectivity index (χ4v) is 2.61. The molecular formula is C15H18FN3OS. The van der Waals surface area contributed by atoms with Crippen molar-refractivity contribution in [1.82, 2.24) is 9.88 Å². The molecule has 0 aliphatic carbocycles. The molecule has 0 bridgehead atoms. The smallest absolute Gasteiger partial charge is 0.273 e. The summed E-state index contributed by atoms with van der Waals surface area (Å²) in [4.78, 5) is 18.2. The molecule has 0 spiro atoms. The van der Waals surface area contributed by atoms with E-state index < -0.39 is 0 Å². The molecule has 1 aromatic heterocycles. The van der Waals surface area contributed by atoms with Crippen LogP contribution in [-0.2, 0) is 6.42 Å². The van der Waals surface area contributed by atoms with E-state index in [1.54, 1.807) is 29.5 Å². The van der Waals surface area contributed by atoms with Gasteiger partial charge in [-0.25, -0.2) is 9.37 Å². The van der Waals surface area contributed by atoms with Crippen LogP contribution in [0.1, 0.15) is 28.0 Å². The van der Waals surface area contributed by atoms with E-state index in [-0.39, 0.29) is 17.8 Å². The number of amides is 1. The maximum absolute atomic E-state index is 12.9. The van der Waals surface area contributed by atoms with Gasteiger partial charge >= 0.3 is 0 Å². The summed E-state index contributed by atoms with van der Waals surface area (Å²) in [5, 5.41) is 2.58. The van der Waals surface area contributed by atoms with Gasteiger partial charge in [-0.3, -0.25) is 4.79 Å². The highest BCUT2D eigenvalue weighted by Gasteiger charge is 2.19. The van der Waals surface area contributed by atoms with E-state index in [0.717, 1.165) is 10.6 Å². The van der Waals surface area contributed by atoms with Gasteiger partial charge in [-0.15, -0.1) is 11.3 Å². The molecule has 0 radical (unpaired) electrons. The number of halogens is 1. The molecule has 2 aromatic rings. The maximum atomic E-state index is 12.9. The lowest BCUT2D eigenvalue weighted by molar-refractivity contribution is 0.0743. The number of carbonyl (C=O) groups is 1. The first kappa shape index (κ1) is 15.6. The maximum Gasteiger partial charge on any atom is 0.273 e. The number of hydrogen-bond acceptors (Lipinski definition) is 4. The van der Waals surface area contributed by atoms with Crippen LogP contribution in [0.5, 0.6) is 0 Å². The minimum atomic E-state index is -0.258. The first-order valence-corrected chi connectivity index (χ1v) is 7.55. The second-order valence-corrected chi connectivity index (χ2v) is 5.87. The Morgan fingerprint density at radius 2 is 2.10 bits per heavy atom. The molecule has 1 atom stereocenters. The average Bonchev–Trinajstić information content (AvgIpc) is 2.95. The Kier molecular flexibility index (Phi) is 5.03. The number of nitrogens with zero attached hydrogens (tertiary/aromatic N) is 2. The summed E-state index contributed by atoms with van der Waals surface area (Å²) < 4.78 is 12.9. The second kappa shape index (κ2) is 6.78. The summed E-state index contributed by atoms with van der Waals surface area (Å²) in [7, 11) is 1.72. The highest BCUT2D eigenvalue weighted by atomic mass is 32.1. The van der Waals surface area contributed by atoms with Gasteiger partial charge in [0.25, 0.3) is 5.91 Å². The van der Waals surface area contributed by atoms with Crippen LogP contribution in [0.25, 0.3) is 0 Å². The van der Waals surface area contributed by atoms with Crippen molar-refractivity contribution in [1.29, 1.82) is 0 Å². The number of likely N-dealkylation sites (N-methyl/N-ethyl adjacent to an activating group) is 1. The van der Waals surface area contributed by atoms with E-state index in [2.05, 4.69) is 4.98 Å². The highest BCUT2D eigenvalue weighted by Crippen LogP contribution is 2.16. The van der Waals surface area contributed by atoms with Crippen LogP contribution in [-0.4, -0.2) is 35.4 Å². The van der Waals surface area contributed by atoms with E-state index in [1.807, 2.05) is 6.92 Å². The van der Waals surface area contributed by atoms with Crippen LogP contribution >= 0.6 is 11.3 Å². The molecule has 2 N–H and O–H groups in total. The third-order valence-corrected chi connectivity index (χ3v) is 4.21. The first-order chi connectivity index (χ1) is 10.0. The molecule has 0 aliphatic heterocycles. The van der Waals surface area contributed by atoms with Crippen molar-refractivity contribution in [3.05, 3.63) is 51.7 Å². The average molecular weight is 307 g/mol. The van der Waals surface area contributed by atoms with Gasteiger partial charge < -0.3 is 10.6 Å². The summed E-state index contributed by atoms with van der Waals surface area (Å²) in [6.45, 7) is 2.30. The van der Waals surface area contributed by atoms with Gasteiger partial charge in [0.05, 0.1) is 5.01 Å². The van der Waals surface area contributed by atoms with E-state index in [9.17, 15) is 9.18 Å². The van der Waals surface area contributed by atoms with Crippen molar-refractivity contribution < 1.29 is 9.18 Å². The van der Waals surface area contributed by atoms with Gasteiger partial charge in [0.2, 0.25) is 0 Å². The molecule has 0 saturated carbocycles. The molecule has 0 saturated heterocycles. The van der Waals surface area contributed by atoms with Gasteiger partial charge in [-0.2, -0.15) is 0 Å². The van der Waals surface area contributed by atoms with Gasteiger partial charge in [-0.1, -0.05) is 12.1 Å². The monoisotopic (exact) mass is 307 g/mol. The van der Waals surface area contributed by atoms with Crippen LogP contribution in [0.2, 0.25) is 0 Å². The summed E-state index contributed by atoms with van der Waals surface area (Å²) in [6, 6.07) is 6.26. The molecular weight excluding hydrogens is 289 g/mol. The largest absolute Gasteiger partial charge is 0.336 e. The number of aromatic nitrogens is 1. The Morgan fingerprint density at radius 1 is 1.43 bits per heavy atom. The molecule has 112 valence electrons. The SMILES string of the molecule is CC(CN)N(C)C(=O)c1csc(Cc2ccc(F)cc2)n1. The van der Waals surface area contributed by atoms with Crippen LogP contribution in [0.4, 0.5) is 4.39 Å². The Morgan fingerprint density at radius 3 is 2.71 bits per heavy atom. The van der Waals surface area contributed by atoms with E-state index in [4.69, 9.17) is 5.73 Å². The molecule has 4 nitrogen and oxygen atoms in total. The third kappa shape index (κ3) is 3.86. The molecule has 1 heterocycles. The lowest BCUT2D eigenvalue weighted by Gasteiger charge is -2.22. The predicted molar refractivity (Wildman–Crippen MR) is 81.9 cm³/mol. The Labute approximate surface area is 127 Å². The van der Waals surface area contributed by atoms with Crippen LogP contribution in [0.3, 0.4) is 0 Å². The molecule has 1 amide bonds. The minimum absolute atomic E-state index is 0.0280. The van der Waals surface area contributed by atoms with Crippen LogP contribution in [0, 0.1) is 5.82 Å². The summed E-state index contributed by atoms with van der Waals surface area (Å²) in [5.41, 5.74) is 6.96. The fraction of sp³-hybridized carbons (Fsp3) is 0.333. The van der Waals surface area contributed by atoms with Crippen LogP contribution in [0.15, 0.2) is 29.6 Å². The lowest BCUT2D eigenvalue weighted by atomic mass is 10.1. The summed E-state index contributed by atoms with van der Waals surface area (Å²) >= 11 is 1.43. The van der Waals surface area contributed by atoms with E-state index >= 15 is 0 Å². The molecule has 21 heavy (non-hydrogen) atoms. The zero-order chi connectivity index (χ0) is 15.4. The third-order valence-electron chi connectivity index (χ3n) is 3.36. The Bertz CT molecular complexity index is 612. The molecule has 2 rings (SSSR count). The van der Waals surface area contributed by atoms with Crippen molar-refractivity contribution in [2.75, 3.05) is 13.6 Å². The normalized spacial score (nSPS) is 12.2. The number of benzene rings is 1. The number of nitrogens with two attached hydrogens (primary N) is 1. The standard InChI is InChI=1S/C15H18FN3OS/c1-10(8-17)19(2)15(20)13-9-21-14(18-13)7-11-3-5-12(16)6-4-11/h3-6,9-10H,7-8,17H2,1-2H3. The van der Waals surface area contributed by atoms with Crippen molar-refractivity contribution in [3.8, 4) is 0 Å². The van der Waals surface area contributed by atoms with Crippen LogP contribution < -0.4 is 5.73 Å². The first-order valence-electron chi connectivity index (χ1n) is 6.67. The van der Waals surface area contributed by atoms with Crippen molar-refractivity contribution in [2.24, 2.45) is 5.73 Å². The highest BCUT2D eigenvalue weighted by molar-refractivity contribution is 7.09. The number of rotatable bonds is 5. The zero-order valence-corrected chi connectivity index (χ0v) is 12.9. The van der Waals surface area contributed by atoms with Gasteiger partial charge in [0.1, 0.15) is 11.5 Å². The molecule has 0 fully saturated rings. The molecule has 6 heteroatoms. The number of carbonyl (C=O) groups excluding carboxylic acids is 1. The van der Waals surface area contributed by atoms with Gasteiger partial charge in [0, 0.05) is 31.4 Å². The molecule has 1 unspecified atom stereocenters. The van der Waals surface area contributed by atoms with E-state index in [1.165, 1.54) is 23.5 Å². The summed E-state index contributed by atoms with van der Waals surface area (Å²) in [6.07, 6.45) is 0.592. The fourth-order valence-electron chi connectivity index (χ4n) is 1.81. The van der Waals surface area contributed by atoms with Crippen molar-refractivity contribution in [3.63, 3.8) is 0 Å². The molecule has 0 aliphatic rings. The summed E-state index contributed by atoms with van der Waals surface area (Å²) in [5.74, 6) is -0.388. The molecule has 1 aromatic carbocycles. The topological polar surface area (TPSA) is 59.2 Å². The Hall–Kier alpha value is -1.79. The minimum Gasteiger partial charge on any atom is -0.336 e.